The third-order valence-electron chi connectivity index (χ3n) is 2.90. The van der Waals surface area contributed by atoms with Crippen molar-refractivity contribution in [3.8, 4) is 5.75 Å². The standard InChI is InChI=1S/C12H18N2O2/c1-9-7-10(13)12(15-2)8-11(9)14-3-5-16-6-4-14/h7-8H,3-6,13H2,1-2H3. The monoisotopic (exact) mass is 222 g/mol. The molecule has 1 heterocycles. The average Bonchev–Trinajstić information content (AvgIpc) is 2.30. The van der Waals surface area contributed by atoms with E-state index in [1.165, 1.54) is 11.3 Å². The molecule has 1 aliphatic heterocycles. The molecule has 1 aromatic rings. The second-order valence-corrected chi connectivity index (χ2v) is 3.98. The van der Waals surface area contributed by atoms with Crippen LogP contribution in [0.15, 0.2) is 12.1 Å². The molecule has 0 atom stereocenters. The van der Waals surface area contributed by atoms with Crippen molar-refractivity contribution < 1.29 is 9.47 Å². The van der Waals surface area contributed by atoms with Crippen LogP contribution in [-0.4, -0.2) is 33.4 Å². The molecule has 0 saturated carbocycles. The minimum absolute atomic E-state index is 0.692. The molecule has 1 saturated heterocycles. The van der Waals surface area contributed by atoms with E-state index in [1.54, 1.807) is 7.11 Å². The molecule has 4 heteroatoms. The van der Waals surface area contributed by atoms with Crippen LogP contribution < -0.4 is 15.4 Å². The van der Waals surface area contributed by atoms with Gasteiger partial charge in [0.2, 0.25) is 0 Å². The lowest BCUT2D eigenvalue weighted by molar-refractivity contribution is 0.122. The van der Waals surface area contributed by atoms with Crippen molar-refractivity contribution in [2.24, 2.45) is 0 Å². The zero-order chi connectivity index (χ0) is 11.5. The molecule has 16 heavy (non-hydrogen) atoms. The highest BCUT2D eigenvalue weighted by molar-refractivity contribution is 5.66. The van der Waals surface area contributed by atoms with Gasteiger partial charge in [-0.25, -0.2) is 0 Å². The highest BCUT2D eigenvalue weighted by atomic mass is 16.5. The molecule has 0 spiro atoms. The number of methoxy groups -OCH3 is 1. The Morgan fingerprint density at radius 3 is 2.62 bits per heavy atom. The van der Waals surface area contributed by atoms with Gasteiger partial charge < -0.3 is 20.1 Å². The third-order valence-corrected chi connectivity index (χ3v) is 2.90. The summed E-state index contributed by atoms with van der Waals surface area (Å²) in [5, 5.41) is 0. The highest BCUT2D eigenvalue weighted by Crippen LogP contribution is 2.31. The molecule has 2 N–H and O–H groups in total. The fraction of sp³-hybridized carbons (Fsp3) is 0.500. The maximum absolute atomic E-state index is 5.86. The topological polar surface area (TPSA) is 47.7 Å². The average molecular weight is 222 g/mol. The quantitative estimate of drug-likeness (QED) is 0.769. The van der Waals surface area contributed by atoms with E-state index in [0.717, 1.165) is 32.1 Å². The summed E-state index contributed by atoms with van der Waals surface area (Å²) in [7, 11) is 1.64. The van der Waals surface area contributed by atoms with Crippen molar-refractivity contribution in [3.63, 3.8) is 0 Å². The van der Waals surface area contributed by atoms with Crippen molar-refractivity contribution in [2.45, 2.75) is 6.92 Å². The summed E-state index contributed by atoms with van der Waals surface area (Å²) in [6.07, 6.45) is 0. The smallest absolute Gasteiger partial charge is 0.143 e. The minimum atomic E-state index is 0.692. The molecular weight excluding hydrogens is 204 g/mol. The Balaban J connectivity index is 2.31. The SMILES string of the molecule is COc1cc(N2CCOCC2)c(C)cc1N. The van der Waals surface area contributed by atoms with Crippen LogP contribution in [0.3, 0.4) is 0 Å². The van der Waals surface area contributed by atoms with E-state index < -0.39 is 0 Å². The first-order valence-electron chi connectivity index (χ1n) is 5.49. The fourth-order valence-corrected chi connectivity index (χ4v) is 2.02. The van der Waals surface area contributed by atoms with Crippen LogP contribution in [0.4, 0.5) is 11.4 Å². The van der Waals surface area contributed by atoms with Crippen LogP contribution in [0.25, 0.3) is 0 Å². The van der Waals surface area contributed by atoms with Gasteiger partial charge in [-0.1, -0.05) is 0 Å². The van der Waals surface area contributed by atoms with Crippen LogP contribution in [-0.2, 0) is 4.74 Å². The van der Waals surface area contributed by atoms with Crippen LogP contribution in [0.2, 0.25) is 0 Å². The molecule has 1 fully saturated rings. The van der Waals surface area contributed by atoms with E-state index in [0.29, 0.717) is 5.69 Å². The first-order valence-corrected chi connectivity index (χ1v) is 5.49. The molecule has 1 aromatic carbocycles. The molecule has 88 valence electrons. The largest absolute Gasteiger partial charge is 0.495 e. The highest BCUT2D eigenvalue weighted by Gasteiger charge is 2.15. The van der Waals surface area contributed by atoms with Crippen molar-refractivity contribution in [3.05, 3.63) is 17.7 Å². The number of rotatable bonds is 2. The Morgan fingerprint density at radius 2 is 2.00 bits per heavy atom. The number of hydrogen-bond donors (Lipinski definition) is 1. The predicted octanol–water partition coefficient (Wildman–Crippen LogP) is 1.42. The molecule has 4 nitrogen and oxygen atoms in total. The van der Waals surface area contributed by atoms with Crippen LogP contribution in [0.1, 0.15) is 5.56 Å². The van der Waals surface area contributed by atoms with E-state index in [-0.39, 0.29) is 0 Å². The van der Waals surface area contributed by atoms with Crippen molar-refractivity contribution in [1.29, 1.82) is 0 Å². The number of nitrogen functional groups attached to an aromatic ring is 1. The Morgan fingerprint density at radius 1 is 1.31 bits per heavy atom. The minimum Gasteiger partial charge on any atom is -0.495 e. The number of ether oxygens (including phenoxy) is 2. The fourth-order valence-electron chi connectivity index (χ4n) is 2.02. The van der Waals surface area contributed by atoms with E-state index >= 15 is 0 Å². The van der Waals surface area contributed by atoms with E-state index in [1.807, 2.05) is 12.1 Å². The third kappa shape index (κ3) is 2.07. The second kappa shape index (κ2) is 4.61. The molecule has 0 aliphatic carbocycles. The van der Waals surface area contributed by atoms with Crippen LogP contribution in [0.5, 0.6) is 5.75 Å². The zero-order valence-electron chi connectivity index (χ0n) is 9.82. The number of morpholine rings is 1. The Labute approximate surface area is 95.9 Å². The van der Waals surface area contributed by atoms with E-state index in [2.05, 4.69) is 11.8 Å². The van der Waals surface area contributed by atoms with Crippen LogP contribution >= 0.6 is 0 Å². The molecule has 0 radical (unpaired) electrons. The van der Waals surface area contributed by atoms with Gasteiger partial charge in [-0.15, -0.1) is 0 Å². The molecular formula is C12H18N2O2. The van der Waals surface area contributed by atoms with Gasteiger partial charge in [-0.3, -0.25) is 0 Å². The maximum atomic E-state index is 5.86. The molecule has 1 aliphatic rings. The first-order chi connectivity index (χ1) is 7.72. The van der Waals surface area contributed by atoms with Gasteiger partial charge in [0.15, 0.2) is 0 Å². The van der Waals surface area contributed by atoms with Crippen molar-refractivity contribution in [2.75, 3.05) is 44.0 Å². The van der Waals surface area contributed by atoms with Crippen LogP contribution in [0, 0.1) is 6.92 Å². The molecule has 0 unspecified atom stereocenters. The van der Waals surface area contributed by atoms with Gasteiger partial charge in [0.1, 0.15) is 5.75 Å². The molecule has 0 aromatic heterocycles. The number of nitrogens with zero attached hydrogens (tertiary/aromatic N) is 1. The molecule has 2 rings (SSSR count). The van der Waals surface area contributed by atoms with E-state index in [9.17, 15) is 0 Å². The lowest BCUT2D eigenvalue weighted by Gasteiger charge is -2.30. The summed E-state index contributed by atoms with van der Waals surface area (Å²) in [5.74, 6) is 0.743. The van der Waals surface area contributed by atoms with Gasteiger partial charge in [-0.2, -0.15) is 0 Å². The number of benzene rings is 1. The summed E-state index contributed by atoms with van der Waals surface area (Å²) in [5.41, 5.74) is 8.92. The lowest BCUT2D eigenvalue weighted by atomic mass is 10.1. The number of nitrogens with two attached hydrogens (primary N) is 1. The summed E-state index contributed by atoms with van der Waals surface area (Å²) in [6, 6.07) is 3.97. The lowest BCUT2D eigenvalue weighted by Crippen LogP contribution is -2.36. The first kappa shape index (κ1) is 11.1. The maximum Gasteiger partial charge on any atom is 0.143 e. The van der Waals surface area contributed by atoms with Crippen molar-refractivity contribution in [1.82, 2.24) is 0 Å². The summed E-state index contributed by atoms with van der Waals surface area (Å²) >= 11 is 0. The molecule has 0 amide bonds. The normalized spacial score (nSPS) is 16.2. The summed E-state index contributed by atoms with van der Waals surface area (Å²) < 4.78 is 10.6. The Bertz CT molecular complexity index is 374. The summed E-state index contributed by atoms with van der Waals surface area (Å²) in [4.78, 5) is 2.31. The van der Waals surface area contributed by atoms with Crippen molar-refractivity contribution >= 4 is 11.4 Å². The predicted molar refractivity (Wildman–Crippen MR) is 65.2 cm³/mol. The van der Waals surface area contributed by atoms with E-state index in [4.69, 9.17) is 15.2 Å². The number of aryl methyl sites for hydroxylation is 1. The Hall–Kier alpha value is -1.42. The number of hydrogen-bond acceptors (Lipinski definition) is 4. The van der Waals surface area contributed by atoms with Gasteiger partial charge in [0.05, 0.1) is 26.0 Å². The Kier molecular flexibility index (Phi) is 3.19. The molecule has 0 bridgehead atoms. The van der Waals surface area contributed by atoms with Gasteiger partial charge in [0, 0.05) is 24.8 Å². The number of anilines is 2. The summed E-state index contributed by atoms with van der Waals surface area (Å²) in [6.45, 7) is 5.49. The van der Waals surface area contributed by atoms with Gasteiger partial charge >= 0.3 is 0 Å². The zero-order valence-corrected chi connectivity index (χ0v) is 9.82. The van der Waals surface area contributed by atoms with Gasteiger partial charge in [0.25, 0.3) is 0 Å². The second-order valence-electron chi connectivity index (χ2n) is 3.98. The van der Waals surface area contributed by atoms with Gasteiger partial charge in [-0.05, 0) is 18.6 Å².